The third kappa shape index (κ3) is 3.23. The molecule has 0 spiro atoms. The number of hydrogen-bond acceptors (Lipinski definition) is 2. The van der Waals surface area contributed by atoms with E-state index in [1.54, 1.807) is 0 Å². The fraction of sp³-hybridized carbons (Fsp3) is 0.833. The van der Waals surface area contributed by atoms with E-state index in [0.29, 0.717) is 0 Å². The van der Waals surface area contributed by atoms with E-state index in [9.17, 15) is 0 Å². The largest absolute Gasteiger partial charge is 0.501 e. The van der Waals surface area contributed by atoms with Crippen LogP contribution < -0.4 is 0 Å². The van der Waals surface area contributed by atoms with Gasteiger partial charge in [-0.2, -0.15) is 11.8 Å². The lowest BCUT2D eigenvalue weighted by Gasteiger charge is -2.24. The lowest BCUT2D eigenvalue weighted by atomic mass is 10.1. The molecular weight excluding hydrogens is 192 g/mol. The van der Waals surface area contributed by atoms with Crippen LogP contribution in [0.3, 0.4) is 0 Å². The normalized spacial score (nSPS) is 22.1. The molecule has 2 rings (SSSR count). The minimum atomic E-state index is 0.935. The summed E-state index contributed by atoms with van der Waals surface area (Å²) in [5.41, 5.74) is 1.53. The predicted octanol–water partition coefficient (Wildman–Crippen LogP) is 3.60. The zero-order chi connectivity index (χ0) is 9.64. The Labute approximate surface area is 91.3 Å². The van der Waals surface area contributed by atoms with Crippen LogP contribution in [-0.4, -0.2) is 18.1 Å². The minimum Gasteiger partial charge on any atom is -0.501 e. The fourth-order valence-electron chi connectivity index (χ4n) is 2.03. The summed E-state index contributed by atoms with van der Waals surface area (Å²) in [6, 6.07) is 0. The van der Waals surface area contributed by atoms with Gasteiger partial charge < -0.3 is 4.74 Å². The second kappa shape index (κ2) is 5.69. The zero-order valence-electron chi connectivity index (χ0n) is 8.84. The molecule has 0 aromatic rings. The summed E-state index contributed by atoms with van der Waals surface area (Å²) < 4.78 is 5.57. The summed E-state index contributed by atoms with van der Waals surface area (Å²) in [5.74, 6) is 3.78. The molecule has 14 heavy (non-hydrogen) atoms. The molecule has 0 aromatic carbocycles. The van der Waals surface area contributed by atoms with Crippen molar-refractivity contribution in [2.45, 2.75) is 38.5 Å². The highest BCUT2D eigenvalue weighted by Crippen LogP contribution is 2.28. The molecule has 0 bridgehead atoms. The Hall–Kier alpha value is -0.110. The van der Waals surface area contributed by atoms with Gasteiger partial charge in [0.2, 0.25) is 0 Å². The standard InChI is InChI=1S/C12H20OS/c1-2-5-11(4-1)8-13-7-3-6-12-9-14-10-12/h8,12H,1-7,9-10H2. The molecule has 1 saturated heterocycles. The first-order valence-electron chi connectivity index (χ1n) is 5.82. The second-order valence-corrected chi connectivity index (χ2v) is 5.47. The maximum atomic E-state index is 5.57. The zero-order valence-corrected chi connectivity index (χ0v) is 9.65. The third-order valence-corrected chi connectivity index (χ3v) is 4.49. The van der Waals surface area contributed by atoms with Gasteiger partial charge in [0.05, 0.1) is 12.9 Å². The Morgan fingerprint density at radius 1 is 1.29 bits per heavy atom. The monoisotopic (exact) mass is 212 g/mol. The summed E-state index contributed by atoms with van der Waals surface area (Å²) in [7, 11) is 0. The highest BCUT2D eigenvalue weighted by Gasteiger charge is 2.16. The molecule has 2 heteroatoms. The van der Waals surface area contributed by atoms with Crippen molar-refractivity contribution in [1.29, 1.82) is 0 Å². The molecule has 2 aliphatic rings. The van der Waals surface area contributed by atoms with E-state index in [-0.39, 0.29) is 0 Å². The molecular formula is C12H20OS. The molecule has 1 aliphatic heterocycles. The summed E-state index contributed by atoms with van der Waals surface area (Å²) in [4.78, 5) is 0. The summed E-state index contributed by atoms with van der Waals surface area (Å²) in [6.45, 7) is 0.935. The van der Waals surface area contributed by atoms with E-state index in [1.165, 1.54) is 55.6 Å². The van der Waals surface area contributed by atoms with Gasteiger partial charge >= 0.3 is 0 Å². The van der Waals surface area contributed by atoms with Gasteiger partial charge in [-0.25, -0.2) is 0 Å². The van der Waals surface area contributed by atoms with Crippen molar-refractivity contribution >= 4 is 11.8 Å². The maximum Gasteiger partial charge on any atom is 0.0873 e. The maximum absolute atomic E-state index is 5.57. The molecule has 2 fully saturated rings. The molecule has 1 aliphatic carbocycles. The summed E-state index contributed by atoms with van der Waals surface area (Å²) in [5, 5.41) is 0. The van der Waals surface area contributed by atoms with Crippen molar-refractivity contribution in [1.82, 2.24) is 0 Å². The van der Waals surface area contributed by atoms with Crippen molar-refractivity contribution in [3.63, 3.8) is 0 Å². The van der Waals surface area contributed by atoms with Crippen molar-refractivity contribution in [3.8, 4) is 0 Å². The molecule has 1 nitrogen and oxygen atoms in total. The van der Waals surface area contributed by atoms with E-state index in [0.717, 1.165) is 12.5 Å². The minimum absolute atomic E-state index is 0.935. The van der Waals surface area contributed by atoms with Crippen LogP contribution in [0, 0.1) is 5.92 Å². The molecule has 80 valence electrons. The van der Waals surface area contributed by atoms with Crippen LogP contribution in [0.15, 0.2) is 11.8 Å². The molecule has 0 N–H and O–H groups in total. The Morgan fingerprint density at radius 3 is 2.71 bits per heavy atom. The Morgan fingerprint density at radius 2 is 2.07 bits per heavy atom. The first-order valence-corrected chi connectivity index (χ1v) is 6.98. The Bertz CT molecular complexity index is 188. The quantitative estimate of drug-likeness (QED) is 0.508. The van der Waals surface area contributed by atoms with Crippen LogP contribution in [0.4, 0.5) is 0 Å². The van der Waals surface area contributed by atoms with Gasteiger partial charge in [-0.1, -0.05) is 0 Å². The van der Waals surface area contributed by atoms with Crippen LogP contribution in [0.25, 0.3) is 0 Å². The summed E-state index contributed by atoms with van der Waals surface area (Å²) in [6.07, 6.45) is 9.94. The summed E-state index contributed by atoms with van der Waals surface area (Å²) >= 11 is 2.08. The molecule has 1 heterocycles. The average molecular weight is 212 g/mol. The molecule has 1 saturated carbocycles. The van der Waals surface area contributed by atoms with Gasteiger partial charge in [0.1, 0.15) is 0 Å². The van der Waals surface area contributed by atoms with Crippen molar-refractivity contribution in [3.05, 3.63) is 11.8 Å². The third-order valence-electron chi connectivity index (χ3n) is 3.08. The van der Waals surface area contributed by atoms with E-state index < -0.39 is 0 Å². The number of allylic oxidation sites excluding steroid dienone is 1. The van der Waals surface area contributed by atoms with Crippen molar-refractivity contribution in [2.24, 2.45) is 5.92 Å². The molecule has 0 amide bonds. The van der Waals surface area contributed by atoms with E-state index >= 15 is 0 Å². The van der Waals surface area contributed by atoms with Crippen LogP contribution in [-0.2, 0) is 4.74 Å². The number of rotatable bonds is 5. The number of thioether (sulfide) groups is 1. The topological polar surface area (TPSA) is 9.23 Å². The second-order valence-electron chi connectivity index (χ2n) is 4.40. The average Bonchev–Trinajstić information content (AvgIpc) is 2.60. The lowest BCUT2D eigenvalue weighted by molar-refractivity contribution is 0.232. The predicted molar refractivity (Wildman–Crippen MR) is 62.6 cm³/mol. The van der Waals surface area contributed by atoms with E-state index in [1.807, 2.05) is 6.26 Å². The molecule has 0 unspecified atom stereocenters. The molecule has 0 atom stereocenters. The highest BCUT2D eigenvalue weighted by atomic mass is 32.2. The first-order chi connectivity index (χ1) is 6.95. The van der Waals surface area contributed by atoms with Gasteiger partial charge in [-0.05, 0) is 61.5 Å². The highest BCUT2D eigenvalue weighted by molar-refractivity contribution is 8.00. The van der Waals surface area contributed by atoms with E-state index in [2.05, 4.69) is 11.8 Å². The van der Waals surface area contributed by atoms with Crippen LogP contribution in [0.2, 0.25) is 0 Å². The fourth-order valence-corrected chi connectivity index (χ4v) is 2.93. The number of ether oxygens (including phenoxy) is 1. The van der Waals surface area contributed by atoms with Crippen molar-refractivity contribution < 1.29 is 4.74 Å². The van der Waals surface area contributed by atoms with Crippen LogP contribution in [0.1, 0.15) is 38.5 Å². The van der Waals surface area contributed by atoms with Crippen LogP contribution in [0.5, 0.6) is 0 Å². The smallest absolute Gasteiger partial charge is 0.0873 e. The van der Waals surface area contributed by atoms with E-state index in [4.69, 9.17) is 4.74 Å². The molecule has 0 radical (unpaired) electrons. The van der Waals surface area contributed by atoms with Gasteiger partial charge in [0.25, 0.3) is 0 Å². The van der Waals surface area contributed by atoms with Crippen molar-refractivity contribution in [2.75, 3.05) is 18.1 Å². The SMILES string of the molecule is C(OCCCC1CSC1)=C1CCCC1. The van der Waals surface area contributed by atoms with Gasteiger partial charge in [0, 0.05) is 0 Å². The molecule has 0 aromatic heterocycles. The van der Waals surface area contributed by atoms with Crippen LogP contribution >= 0.6 is 11.8 Å². The number of hydrogen-bond donors (Lipinski definition) is 0. The van der Waals surface area contributed by atoms with Gasteiger partial charge in [0.15, 0.2) is 0 Å². The van der Waals surface area contributed by atoms with Gasteiger partial charge in [-0.15, -0.1) is 0 Å². The lowest BCUT2D eigenvalue weighted by Crippen LogP contribution is -2.17. The Kier molecular flexibility index (Phi) is 4.23. The van der Waals surface area contributed by atoms with Gasteiger partial charge in [-0.3, -0.25) is 0 Å². The Balaban J connectivity index is 1.47. The first kappa shape index (κ1) is 10.4.